The molecule has 0 atom stereocenters. The van der Waals surface area contributed by atoms with Gasteiger partial charge in [-0.15, -0.1) is 0 Å². The first-order valence-corrected chi connectivity index (χ1v) is 4.30. The molecule has 0 aliphatic rings. The SMILES string of the molecule is O=C(O)c1cncnc1-n1cc(Cl)cn1. The fourth-order valence-electron chi connectivity index (χ4n) is 1.07. The largest absolute Gasteiger partial charge is 0.477 e. The lowest BCUT2D eigenvalue weighted by molar-refractivity contribution is 0.0695. The van der Waals surface area contributed by atoms with Crippen LogP contribution in [-0.4, -0.2) is 30.8 Å². The van der Waals surface area contributed by atoms with Crippen LogP contribution >= 0.6 is 11.6 Å². The molecule has 2 aromatic rings. The number of carboxylic acids is 1. The van der Waals surface area contributed by atoms with E-state index in [1.54, 1.807) is 0 Å². The highest BCUT2D eigenvalue weighted by Crippen LogP contribution is 2.12. The summed E-state index contributed by atoms with van der Waals surface area (Å²) in [6.07, 6.45) is 5.32. The molecule has 2 aromatic heterocycles. The van der Waals surface area contributed by atoms with Gasteiger partial charge in [0, 0.05) is 6.20 Å². The lowest BCUT2D eigenvalue weighted by Gasteiger charge is -2.02. The first kappa shape index (κ1) is 9.60. The Labute approximate surface area is 89.2 Å². The Morgan fingerprint density at radius 1 is 1.47 bits per heavy atom. The summed E-state index contributed by atoms with van der Waals surface area (Å²) in [6.45, 7) is 0. The van der Waals surface area contributed by atoms with Gasteiger partial charge in [0.05, 0.1) is 17.4 Å². The predicted octanol–water partition coefficient (Wildman–Crippen LogP) is 1.01. The van der Waals surface area contributed by atoms with Crippen LogP contribution in [0.25, 0.3) is 5.82 Å². The second kappa shape index (κ2) is 3.66. The number of hydrogen-bond donors (Lipinski definition) is 1. The van der Waals surface area contributed by atoms with Crippen LogP contribution in [0.1, 0.15) is 10.4 Å². The van der Waals surface area contributed by atoms with Crippen molar-refractivity contribution in [1.82, 2.24) is 19.7 Å². The van der Waals surface area contributed by atoms with E-state index < -0.39 is 5.97 Å². The highest BCUT2D eigenvalue weighted by atomic mass is 35.5. The van der Waals surface area contributed by atoms with Crippen LogP contribution in [0.15, 0.2) is 24.9 Å². The molecule has 0 aliphatic carbocycles. The Kier molecular flexibility index (Phi) is 2.34. The minimum Gasteiger partial charge on any atom is -0.477 e. The molecule has 0 bridgehead atoms. The minimum absolute atomic E-state index is 0.0303. The van der Waals surface area contributed by atoms with E-state index >= 15 is 0 Å². The highest BCUT2D eigenvalue weighted by Gasteiger charge is 2.13. The third-order valence-corrected chi connectivity index (χ3v) is 1.88. The normalized spacial score (nSPS) is 10.2. The van der Waals surface area contributed by atoms with Crippen molar-refractivity contribution in [3.8, 4) is 5.82 Å². The van der Waals surface area contributed by atoms with E-state index in [0.29, 0.717) is 5.02 Å². The average molecular weight is 225 g/mol. The number of aromatic carboxylic acids is 1. The molecule has 1 N–H and O–H groups in total. The molecule has 7 heteroatoms. The molecule has 0 saturated heterocycles. The van der Waals surface area contributed by atoms with Crippen molar-refractivity contribution in [1.29, 1.82) is 0 Å². The molecule has 0 amide bonds. The molecule has 0 spiro atoms. The maximum Gasteiger partial charge on any atom is 0.341 e. The Morgan fingerprint density at radius 3 is 2.87 bits per heavy atom. The molecule has 2 heterocycles. The molecule has 0 aliphatic heterocycles. The molecule has 0 aromatic carbocycles. The fourth-order valence-corrected chi connectivity index (χ4v) is 1.21. The van der Waals surface area contributed by atoms with E-state index in [4.69, 9.17) is 16.7 Å². The van der Waals surface area contributed by atoms with Gasteiger partial charge in [0.2, 0.25) is 0 Å². The number of carboxylic acid groups (broad SMARTS) is 1. The average Bonchev–Trinajstić information content (AvgIpc) is 2.65. The first-order chi connectivity index (χ1) is 7.18. The van der Waals surface area contributed by atoms with Gasteiger partial charge in [0.15, 0.2) is 5.82 Å². The molecule has 76 valence electrons. The van der Waals surface area contributed by atoms with Gasteiger partial charge < -0.3 is 5.11 Å². The summed E-state index contributed by atoms with van der Waals surface area (Å²) in [5.41, 5.74) is -0.0303. The smallest absolute Gasteiger partial charge is 0.341 e. The van der Waals surface area contributed by atoms with Gasteiger partial charge in [-0.05, 0) is 0 Å². The third kappa shape index (κ3) is 1.79. The lowest BCUT2D eigenvalue weighted by Crippen LogP contribution is -2.08. The van der Waals surface area contributed by atoms with Gasteiger partial charge in [-0.2, -0.15) is 5.10 Å². The maximum atomic E-state index is 10.8. The topological polar surface area (TPSA) is 80.9 Å². The summed E-state index contributed by atoms with van der Waals surface area (Å²) in [5.74, 6) is -0.929. The Morgan fingerprint density at radius 2 is 2.27 bits per heavy atom. The monoisotopic (exact) mass is 224 g/mol. The van der Waals surface area contributed by atoms with Gasteiger partial charge in [-0.1, -0.05) is 11.6 Å². The molecule has 2 rings (SSSR count). The number of rotatable bonds is 2. The van der Waals surface area contributed by atoms with Gasteiger partial charge in [0.25, 0.3) is 0 Å². The van der Waals surface area contributed by atoms with E-state index in [1.165, 1.54) is 29.6 Å². The van der Waals surface area contributed by atoms with Crippen LogP contribution in [0.4, 0.5) is 0 Å². The molecule has 0 saturated carbocycles. The predicted molar refractivity (Wildman–Crippen MR) is 51.1 cm³/mol. The van der Waals surface area contributed by atoms with Crippen LogP contribution in [0.3, 0.4) is 0 Å². The summed E-state index contributed by atoms with van der Waals surface area (Å²) in [6, 6.07) is 0. The summed E-state index contributed by atoms with van der Waals surface area (Å²) in [4.78, 5) is 18.3. The van der Waals surface area contributed by atoms with Crippen LogP contribution in [0.2, 0.25) is 5.02 Å². The second-order valence-corrected chi connectivity index (χ2v) is 3.10. The minimum atomic E-state index is -1.11. The summed E-state index contributed by atoms with van der Waals surface area (Å²) >= 11 is 5.67. The summed E-state index contributed by atoms with van der Waals surface area (Å²) in [5, 5.41) is 13.1. The van der Waals surface area contributed by atoms with Crippen LogP contribution in [-0.2, 0) is 0 Å². The second-order valence-electron chi connectivity index (χ2n) is 2.67. The number of aromatic nitrogens is 4. The van der Waals surface area contributed by atoms with E-state index in [1.807, 2.05) is 0 Å². The number of carbonyl (C=O) groups is 1. The van der Waals surface area contributed by atoms with Crippen LogP contribution in [0, 0.1) is 0 Å². The third-order valence-electron chi connectivity index (χ3n) is 1.69. The zero-order chi connectivity index (χ0) is 10.8. The van der Waals surface area contributed by atoms with Crippen molar-refractivity contribution < 1.29 is 9.90 Å². The zero-order valence-electron chi connectivity index (χ0n) is 7.33. The molecule has 0 radical (unpaired) electrons. The zero-order valence-corrected chi connectivity index (χ0v) is 8.09. The molecular formula is C8H5ClN4O2. The molecule has 6 nitrogen and oxygen atoms in total. The summed E-state index contributed by atoms with van der Waals surface area (Å²) in [7, 11) is 0. The molecule has 15 heavy (non-hydrogen) atoms. The Bertz CT molecular complexity index is 511. The van der Waals surface area contributed by atoms with E-state index in [9.17, 15) is 4.79 Å². The van der Waals surface area contributed by atoms with Gasteiger partial charge in [-0.25, -0.2) is 19.4 Å². The lowest BCUT2D eigenvalue weighted by atomic mass is 10.3. The standard InChI is InChI=1S/C8H5ClN4O2/c9-5-1-12-13(3-5)7-6(8(14)15)2-10-4-11-7/h1-4H,(H,14,15). The first-order valence-electron chi connectivity index (χ1n) is 3.92. The van der Waals surface area contributed by atoms with Crippen LogP contribution < -0.4 is 0 Å². The summed E-state index contributed by atoms with van der Waals surface area (Å²) < 4.78 is 1.29. The number of hydrogen-bond acceptors (Lipinski definition) is 4. The fraction of sp³-hybridized carbons (Fsp3) is 0. The van der Waals surface area contributed by atoms with E-state index in [0.717, 1.165) is 0 Å². The van der Waals surface area contributed by atoms with Crippen molar-refractivity contribution >= 4 is 17.6 Å². The molecular weight excluding hydrogens is 220 g/mol. The van der Waals surface area contributed by atoms with Crippen molar-refractivity contribution in [3.05, 3.63) is 35.5 Å². The maximum absolute atomic E-state index is 10.8. The van der Waals surface area contributed by atoms with Crippen molar-refractivity contribution in [2.45, 2.75) is 0 Å². The van der Waals surface area contributed by atoms with Gasteiger partial charge in [0.1, 0.15) is 11.9 Å². The van der Waals surface area contributed by atoms with E-state index in [-0.39, 0.29) is 11.4 Å². The van der Waals surface area contributed by atoms with Crippen LogP contribution in [0.5, 0.6) is 0 Å². The van der Waals surface area contributed by atoms with E-state index in [2.05, 4.69) is 15.1 Å². The van der Waals surface area contributed by atoms with Crippen molar-refractivity contribution in [2.24, 2.45) is 0 Å². The molecule has 0 fully saturated rings. The van der Waals surface area contributed by atoms with Gasteiger partial charge >= 0.3 is 5.97 Å². The number of nitrogens with zero attached hydrogens (tertiary/aromatic N) is 4. The van der Waals surface area contributed by atoms with Crippen molar-refractivity contribution in [2.75, 3.05) is 0 Å². The van der Waals surface area contributed by atoms with Crippen molar-refractivity contribution in [3.63, 3.8) is 0 Å². The molecule has 0 unspecified atom stereocenters. The Hall–Kier alpha value is -1.95. The quantitative estimate of drug-likeness (QED) is 0.824. The van der Waals surface area contributed by atoms with Gasteiger partial charge in [-0.3, -0.25) is 0 Å². The Balaban J connectivity index is 2.57. The highest BCUT2D eigenvalue weighted by molar-refractivity contribution is 6.30. The number of halogens is 1.